The Hall–Kier alpha value is -0.920. The number of allylic oxidation sites excluding steroid dienone is 1. The fourth-order valence-corrected chi connectivity index (χ4v) is 0.508. The van der Waals surface area contributed by atoms with E-state index in [0.29, 0.717) is 12.8 Å². The van der Waals surface area contributed by atoms with E-state index in [1.165, 1.54) is 5.94 Å². The van der Waals surface area contributed by atoms with Crippen LogP contribution in [0, 0.1) is 0 Å². The Kier molecular flexibility index (Phi) is 4.46. The molecule has 0 saturated heterocycles. The monoisotopic (exact) mass is 141 g/mol. The van der Waals surface area contributed by atoms with E-state index >= 15 is 0 Å². The van der Waals surface area contributed by atoms with Crippen LogP contribution in [-0.2, 0) is 9.59 Å². The van der Waals surface area contributed by atoms with Gasteiger partial charge >= 0.3 is 0 Å². The minimum atomic E-state index is -0.202. The van der Waals surface area contributed by atoms with Gasteiger partial charge in [-0.15, -0.1) is 0 Å². The van der Waals surface area contributed by atoms with Crippen molar-refractivity contribution in [3.05, 3.63) is 6.08 Å². The number of hydrogen-bond acceptors (Lipinski definition) is 3. The summed E-state index contributed by atoms with van der Waals surface area (Å²) in [4.78, 5) is 20.2. The summed E-state index contributed by atoms with van der Waals surface area (Å²) in [7, 11) is 0. The summed E-state index contributed by atoms with van der Waals surface area (Å²) in [5.74, 6) is 1.22. The SMILES string of the molecule is CC(N)CCC(=O)C=C=O. The Morgan fingerprint density at radius 3 is 2.80 bits per heavy atom. The van der Waals surface area contributed by atoms with Crippen molar-refractivity contribution >= 4 is 11.7 Å². The molecular formula is C7H11NO2. The maximum atomic E-state index is 10.6. The van der Waals surface area contributed by atoms with Crippen LogP contribution in [0.2, 0.25) is 0 Å². The molecule has 0 radical (unpaired) electrons. The molecule has 10 heavy (non-hydrogen) atoms. The predicted octanol–water partition coefficient (Wildman–Crippen LogP) is 0.0707. The molecule has 2 N–H and O–H groups in total. The number of rotatable bonds is 4. The Balaban J connectivity index is 3.50. The fourth-order valence-electron chi connectivity index (χ4n) is 0.508. The third kappa shape index (κ3) is 5.22. The summed E-state index contributed by atoms with van der Waals surface area (Å²) in [5, 5.41) is 0. The number of carbonyl (C=O) groups excluding carboxylic acids is 2. The highest BCUT2D eigenvalue weighted by molar-refractivity contribution is 5.95. The first-order valence-corrected chi connectivity index (χ1v) is 3.16. The van der Waals surface area contributed by atoms with E-state index < -0.39 is 0 Å². The molecule has 0 spiro atoms. The molecule has 0 rings (SSSR count). The highest BCUT2D eigenvalue weighted by Gasteiger charge is 1.99. The molecule has 3 heteroatoms. The van der Waals surface area contributed by atoms with Crippen LogP contribution in [0.15, 0.2) is 6.08 Å². The standard InChI is InChI=1S/C7H11NO2/c1-6(8)2-3-7(10)4-5-9/h4,6H,2-3,8H2,1H3. The van der Waals surface area contributed by atoms with Gasteiger partial charge in [0, 0.05) is 12.5 Å². The van der Waals surface area contributed by atoms with E-state index in [1.807, 2.05) is 6.92 Å². The van der Waals surface area contributed by atoms with E-state index in [1.54, 1.807) is 0 Å². The summed E-state index contributed by atoms with van der Waals surface area (Å²) in [6, 6.07) is 0.0176. The lowest BCUT2D eigenvalue weighted by Gasteiger charge is -1.99. The largest absolute Gasteiger partial charge is 0.328 e. The molecule has 0 bridgehead atoms. The number of carbonyl (C=O) groups is 1. The van der Waals surface area contributed by atoms with Crippen molar-refractivity contribution in [1.82, 2.24) is 0 Å². The number of hydrogen-bond donors (Lipinski definition) is 1. The molecule has 0 aromatic rings. The minimum absolute atomic E-state index is 0.0176. The molecule has 0 aromatic carbocycles. The molecule has 1 unspecified atom stereocenters. The van der Waals surface area contributed by atoms with Crippen molar-refractivity contribution in [2.24, 2.45) is 5.73 Å². The topological polar surface area (TPSA) is 60.2 Å². The molecule has 0 amide bonds. The molecule has 0 aliphatic heterocycles. The zero-order valence-corrected chi connectivity index (χ0v) is 5.96. The van der Waals surface area contributed by atoms with Gasteiger partial charge in [0.1, 0.15) is 5.94 Å². The van der Waals surface area contributed by atoms with Gasteiger partial charge in [-0.25, -0.2) is 4.79 Å². The predicted molar refractivity (Wildman–Crippen MR) is 38.2 cm³/mol. The maximum Gasteiger partial charge on any atom is 0.166 e. The summed E-state index contributed by atoms with van der Waals surface area (Å²) in [5.41, 5.74) is 5.37. The smallest absolute Gasteiger partial charge is 0.166 e. The van der Waals surface area contributed by atoms with Crippen molar-refractivity contribution in [1.29, 1.82) is 0 Å². The zero-order chi connectivity index (χ0) is 7.98. The first kappa shape index (κ1) is 9.08. The van der Waals surface area contributed by atoms with E-state index in [4.69, 9.17) is 5.73 Å². The van der Waals surface area contributed by atoms with Gasteiger partial charge in [-0.05, 0) is 13.3 Å². The van der Waals surface area contributed by atoms with Gasteiger partial charge in [-0.2, -0.15) is 0 Å². The molecule has 0 aliphatic carbocycles. The first-order chi connectivity index (χ1) is 4.66. The second kappa shape index (κ2) is 4.91. The molecule has 0 heterocycles. The highest BCUT2D eigenvalue weighted by Crippen LogP contribution is 1.93. The first-order valence-electron chi connectivity index (χ1n) is 3.16. The molecule has 3 nitrogen and oxygen atoms in total. The molecule has 56 valence electrons. The molecule has 0 aliphatic rings. The van der Waals surface area contributed by atoms with Crippen molar-refractivity contribution < 1.29 is 9.59 Å². The third-order valence-electron chi connectivity index (χ3n) is 1.07. The second-order valence-electron chi connectivity index (χ2n) is 2.24. The summed E-state index contributed by atoms with van der Waals surface area (Å²) in [6.07, 6.45) is 1.87. The van der Waals surface area contributed by atoms with Gasteiger partial charge in [0.15, 0.2) is 5.78 Å². The second-order valence-corrected chi connectivity index (χ2v) is 2.24. The van der Waals surface area contributed by atoms with Gasteiger partial charge in [-0.3, -0.25) is 4.79 Å². The Morgan fingerprint density at radius 2 is 2.40 bits per heavy atom. The van der Waals surface area contributed by atoms with Gasteiger partial charge in [0.25, 0.3) is 0 Å². The van der Waals surface area contributed by atoms with Crippen LogP contribution in [0.1, 0.15) is 19.8 Å². The van der Waals surface area contributed by atoms with Crippen molar-refractivity contribution in [3.63, 3.8) is 0 Å². The van der Waals surface area contributed by atoms with Gasteiger partial charge in [0.05, 0.1) is 6.08 Å². The van der Waals surface area contributed by atoms with Crippen LogP contribution >= 0.6 is 0 Å². The summed E-state index contributed by atoms with van der Waals surface area (Å²) >= 11 is 0. The van der Waals surface area contributed by atoms with Gasteiger partial charge in [0.2, 0.25) is 0 Å². The number of nitrogens with two attached hydrogens (primary N) is 1. The van der Waals surface area contributed by atoms with E-state index in [9.17, 15) is 9.59 Å². The molecule has 1 atom stereocenters. The van der Waals surface area contributed by atoms with Crippen LogP contribution < -0.4 is 5.73 Å². The van der Waals surface area contributed by atoms with E-state index in [2.05, 4.69) is 0 Å². The molecule has 0 fully saturated rings. The van der Waals surface area contributed by atoms with Crippen LogP contribution in [-0.4, -0.2) is 17.8 Å². The lowest BCUT2D eigenvalue weighted by atomic mass is 10.1. The van der Waals surface area contributed by atoms with Crippen LogP contribution in [0.3, 0.4) is 0 Å². The van der Waals surface area contributed by atoms with E-state index in [-0.39, 0.29) is 11.8 Å². The highest BCUT2D eigenvalue weighted by atomic mass is 16.1. The van der Waals surface area contributed by atoms with E-state index in [0.717, 1.165) is 6.08 Å². The average molecular weight is 141 g/mol. The zero-order valence-electron chi connectivity index (χ0n) is 5.96. The molecular weight excluding hydrogens is 130 g/mol. The van der Waals surface area contributed by atoms with Crippen LogP contribution in [0.5, 0.6) is 0 Å². The Morgan fingerprint density at radius 1 is 1.80 bits per heavy atom. The third-order valence-corrected chi connectivity index (χ3v) is 1.07. The van der Waals surface area contributed by atoms with Crippen molar-refractivity contribution in [2.45, 2.75) is 25.8 Å². The van der Waals surface area contributed by atoms with Gasteiger partial charge < -0.3 is 5.73 Å². The normalized spacial score (nSPS) is 11.8. The van der Waals surface area contributed by atoms with Crippen LogP contribution in [0.4, 0.5) is 0 Å². The summed E-state index contributed by atoms with van der Waals surface area (Å²) in [6.45, 7) is 1.82. The lowest BCUT2D eigenvalue weighted by Crippen LogP contribution is -2.15. The summed E-state index contributed by atoms with van der Waals surface area (Å²) < 4.78 is 0. The molecule has 0 aromatic heterocycles. The van der Waals surface area contributed by atoms with Gasteiger partial charge in [-0.1, -0.05) is 0 Å². The molecule has 0 saturated carbocycles. The number of ketones is 1. The van der Waals surface area contributed by atoms with Crippen molar-refractivity contribution in [2.75, 3.05) is 0 Å². The Bertz CT molecular complexity index is 157. The fraction of sp³-hybridized carbons (Fsp3) is 0.571. The average Bonchev–Trinajstić information content (AvgIpc) is 1.85. The maximum absolute atomic E-state index is 10.6. The lowest BCUT2D eigenvalue weighted by molar-refractivity contribution is -0.114. The Labute approximate surface area is 59.9 Å². The van der Waals surface area contributed by atoms with Crippen molar-refractivity contribution in [3.8, 4) is 0 Å². The quantitative estimate of drug-likeness (QED) is 0.445. The van der Waals surface area contributed by atoms with Crippen LogP contribution in [0.25, 0.3) is 0 Å². The minimum Gasteiger partial charge on any atom is -0.328 e.